The van der Waals surface area contributed by atoms with Gasteiger partial charge in [-0.1, -0.05) is 0 Å². The molecule has 0 heterocycles. The van der Waals surface area contributed by atoms with Crippen LogP contribution >= 0.6 is 11.6 Å². The van der Waals surface area contributed by atoms with Crippen LogP contribution in [0.5, 0.6) is 0 Å². The molecular weight excluding hydrogens is 142 g/mol. The summed E-state index contributed by atoms with van der Waals surface area (Å²) < 4.78 is 0. The van der Waals surface area contributed by atoms with Gasteiger partial charge in [0.25, 0.3) is 0 Å². The summed E-state index contributed by atoms with van der Waals surface area (Å²) in [5, 5.41) is 1.42. The molecule has 0 unspecified atom stereocenters. The lowest BCUT2D eigenvalue weighted by molar-refractivity contribution is -0.138. The third kappa shape index (κ3) is 4.39. The number of hydrogen-bond donors (Lipinski definition) is 0. The van der Waals surface area contributed by atoms with Crippen LogP contribution in [-0.2, 0) is 9.63 Å². The van der Waals surface area contributed by atoms with Gasteiger partial charge in [-0.05, 0) is 0 Å². The monoisotopic (exact) mass is 151 g/mol. The molecule has 0 atom stereocenters. The number of nitrogens with zero attached hydrogens (tertiary/aromatic N) is 1. The summed E-state index contributed by atoms with van der Waals surface area (Å²) in [6, 6.07) is 0. The average Bonchev–Trinajstić information content (AvgIpc) is 1.87. The van der Waals surface area contributed by atoms with Gasteiger partial charge in [-0.3, -0.25) is 4.79 Å². The van der Waals surface area contributed by atoms with Gasteiger partial charge in [0, 0.05) is 7.05 Å². The second kappa shape index (κ2) is 4.73. The molecule has 0 bridgehead atoms. The Morgan fingerprint density at radius 3 is 2.67 bits per heavy atom. The number of ketones is 1. The van der Waals surface area contributed by atoms with E-state index < -0.39 is 0 Å². The number of hydrogen-bond acceptors (Lipinski definition) is 3. The maximum Gasteiger partial charge on any atom is 0.163 e. The summed E-state index contributed by atoms with van der Waals surface area (Å²) in [5.74, 6) is 0.00858. The van der Waals surface area contributed by atoms with Gasteiger partial charge in [0.15, 0.2) is 5.78 Å². The Morgan fingerprint density at radius 2 is 2.33 bits per heavy atom. The van der Waals surface area contributed by atoms with Crippen LogP contribution in [-0.4, -0.2) is 37.4 Å². The summed E-state index contributed by atoms with van der Waals surface area (Å²) in [4.78, 5) is 15.2. The Hall–Kier alpha value is -0.120. The first kappa shape index (κ1) is 8.88. The Labute approximate surface area is 59.5 Å². The molecule has 0 saturated carbocycles. The first-order valence-corrected chi connectivity index (χ1v) is 3.07. The van der Waals surface area contributed by atoms with E-state index in [9.17, 15) is 4.79 Å². The Bertz CT molecular complexity index is 97.0. The highest BCUT2D eigenvalue weighted by Crippen LogP contribution is 1.84. The van der Waals surface area contributed by atoms with Crippen LogP contribution in [0.1, 0.15) is 0 Å². The predicted molar refractivity (Wildman–Crippen MR) is 35.4 cm³/mol. The fourth-order valence-electron chi connectivity index (χ4n) is 0.355. The van der Waals surface area contributed by atoms with E-state index in [1.165, 1.54) is 12.2 Å². The van der Waals surface area contributed by atoms with E-state index in [2.05, 4.69) is 4.84 Å². The fraction of sp³-hybridized carbons (Fsp3) is 0.800. The van der Waals surface area contributed by atoms with Gasteiger partial charge >= 0.3 is 0 Å². The molecule has 0 rings (SSSR count). The lowest BCUT2D eigenvalue weighted by Crippen LogP contribution is -2.25. The number of carbonyl (C=O) groups excluding carboxylic acids is 1. The van der Waals surface area contributed by atoms with Gasteiger partial charge in [0.2, 0.25) is 0 Å². The number of Topliss-reactive ketones (excluding diaryl/α,β-unsaturated/α-hetero) is 1. The van der Waals surface area contributed by atoms with Crippen molar-refractivity contribution in [3.8, 4) is 0 Å². The zero-order valence-electron chi connectivity index (χ0n) is 5.56. The van der Waals surface area contributed by atoms with Gasteiger partial charge in [0.1, 0.15) is 0 Å². The molecule has 0 fully saturated rings. The second-order valence-electron chi connectivity index (χ2n) is 1.64. The van der Waals surface area contributed by atoms with Gasteiger partial charge < -0.3 is 4.84 Å². The van der Waals surface area contributed by atoms with Gasteiger partial charge in [0.05, 0.1) is 19.5 Å². The number of alkyl halides is 1. The summed E-state index contributed by atoms with van der Waals surface area (Å²) in [6.07, 6.45) is 0. The van der Waals surface area contributed by atoms with Crippen molar-refractivity contribution in [3.63, 3.8) is 0 Å². The Morgan fingerprint density at radius 1 is 1.78 bits per heavy atom. The van der Waals surface area contributed by atoms with Crippen molar-refractivity contribution in [1.82, 2.24) is 5.06 Å². The minimum Gasteiger partial charge on any atom is -0.302 e. The van der Waals surface area contributed by atoms with E-state index in [4.69, 9.17) is 11.6 Å². The van der Waals surface area contributed by atoms with Crippen molar-refractivity contribution in [2.75, 3.05) is 26.6 Å². The highest BCUT2D eigenvalue weighted by atomic mass is 35.5. The molecule has 0 aliphatic rings. The number of halogens is 1. The molecule has 9 heavy (non-hydrogen) atoms. The molecule has 0 aromatic rings. The maximum atomic E-state index is 10.5. The van der Waals surface area contributed by atoms with Crippen LogP contribution in [0.15, 0.2) is 0 Å². The number of likely N-dealkylation sites (N-methyl/N-ethyl adjacent to an activating group) is 1. The summed E-state index contributed by atoms with van der Waals surface area (Å²) in [7, 11) is 3.17. The molecule has 0 aromatic carbocycles. The molecule has 0 N–H and O–H groups in total. The second-order valence-corrected chi connectivity index (χ2v) is 1.91. The fourth-order valence-corrected chi connectivity index (χ4v) is 0.440. The first-order valence-electron chi connectivity index (χ1n) is 2.53. The van der Waals surface area contributed by atoms with Crippen molar-refractivity contribution in [2.24, 2.45) is 0 Å². The molecule has 0 spiro atoms. The van der Waals surface area contributed by atoms with Crippen LogP contribution in [0.4, 0.5) is 0 Å². The molecule has 54 valence electrons. The topological polar surface area (TPSA) is 29.5 Å². The highest BCUT2D eigenvalue weighted by molar-refractivity contribution is 6.27. The van der Waals surface area contributed by atoms with Gasteiger partial charge in [-0.15, -0.1) is 11.6 Å². The largest absolute Gasteiger partial charge is 0.302 e. The minimum atomic E-state index is -0.0407. The standard InChI is InChI=1S/C5H10ClNO2/c1-7(9-2)4-5(8)3-6/h3-4H2,1-2H3. The number of carbonyl (C=O) groups is 1. The van der Waals surface area contributed by atoms with Crippen molar-refractivity contribution in [3.05, 3.63) is 0 Å². The lowest BCUT2D eigenvalue weighted by atomic mass is 10.4. The number of rotatable bonds is 4. The van der Waals surface area contributed by atoms with Crippen LogP contribution in [0.2, 0.25) is 0 Å². The predicted octanol–water partition coefficient (Wildman–Crippen LogP) is 0.287. The van der Waals surface area contributed by atoms with Crippen LogP contribution in [0, 0.1) is 0 Å². The Balaban J connectivity index is 3.34. The van der Waals surface area contributed by atoms with Crippen molar-refractivity contribution < 1.29 is 9.63 Å². The van der Waals surface area contributed by atoms with E-state index in [1.54, 1.807) is 7.05 Å². The quantitative estimate of drug-likeness (QED) is 0.427. The first-order chi connectivity index (χ1) is 4.20. The van der Waals surface area contributed by atoms with Gasteiger partial charge in [-0.25, -0.2) is 0 Å². The van der Waals surface area contributed by atoms with E-state index in [1.807, 2.05) is 0 Å². The average molecular weight is 152 g/mol. The van der Waals surface area contributed by atoms with Crippen molar-refractivity contribution in [2.45, 2.75) is 0 Å². The van der Waals surface area contributed by atoms with Crippen molar-refractivity contribution >= 4 is 17.4 Å². The molecule has 3 nitrogen and oxygen atoms in total. The summed E-state index contributed by atoms with van der Waals surface area (Å²) in [6.45, 7) is 0.250. The molecule has 0 aliphatic carbocycles. The normalized spacial score (nSPS) is 10.2. The van der Waals surface area contributed by atoms with E-state index in [-0.39, 0.29) is 18.2 Å². The maximum absolute atomic E-state index is 10.5. The van der Waals surface area contributed by atoms with E-state index in [0.29, 0.717) is 0 Å². The van der Waals surface area contributed by atoms with Gasteiger partial charge in [-0.2, -0.15) is 5.06 Å². The third-order valence-electron chi connectivity index (χ3n) is 0.860. The summed E-state index contributed by atoms with van der Waals surface area (Å²) >= 11 is 5.22. The zero-order valence-corrected chi connectivity index (χ0v) is 6.31. The SMILES string of the molecule is CON(C)CC(=O)CCl. The zero-order chi connectivity index (χ0) is 7.28. The molecule has 0 amide bonds. The Kier molecular flexibility index (Phi) is 4.67. The summed E-state index contributed by atoms with van der Waals surface area (Å²) in [5.41, 5.74) is 0. The molecule has 4 heteroatoms. The molecule has 0 saturated heterocycles. The third-order valence-corrected chi connectivity index (χ3v) is 1.16. The highest BCUT2D eigenvalue weighted by Gasteiger charge is 2.02. The van der Waals surface area contributed by atoms with Crippen LogP contribution in [0.3, 0.4) is 0 Å². The molecule has 0 aromatic heterocycles. The van der Waals surface area contributed by atoms with E-state index in [0.717, 1.165) is 0 Å². The van der Waals surface area contributed by atoms with Crippen LogP contribution < -0.4 is 0 Å². The van der Waals surface area contributed by atoms with Crippen molar-refractivity contribution in [1.29, 1.82) is 0 Å². The molecule has 0 radical (unpaired) electrons. The van der Waals surface area contributed by atoms with Crippen LogP contribution in [0.25, 0.3) is 0 Å². The van der Waals surface area contributed by atoms with E-state index >= 15 is 0 Å². The smallest absolute Gasteiger partial charge is 0.163 e. The molecular formula is C5H10ClNO2. The minimum absolute atomic E-state index is 0.0407. The number of hydroxylamine groups is 2. The molecule has 0 aliphatic heterocycles. The lowest BCUT2D eigenvalue weighted by Gasteiger charge is -2.10.